The summed E-state index contributed by atoms with van der Waals surface area (Å²) < 4.78 is 37.9. The first-order valence-electron chi connectivity index (χ1n) is 14.1. The average Bonchev–Trinajstić information content (AvgIpc) is 2.96. The molecule has 0 radical (unpaired) electrons. The van der Waals surface area contributed by atoms with Gasteiger partial charge in [0.05, 0.1) is 17.5 Å². The van der Waals surface area contributed by atoms with E-state index in [9.17, 15) is 28.0 Å². The number of pyridine rings is 1. The molecule has 0 aliphatic heterocycles. The number of ether oxygens (including phenoxy) is 2. The van der Waals surface area contributed by atoms with Crippen molar-refractivity contribution >= 4 is 52.2 Å². The molecule has 45 heavy (non-hydrogen) atoms. The third-order valence-corrected chi connectivity index (χ3v) is 6.86. The lowest BCUT2D eigenvalue weighted by molar-refractivity contribution is -0.134. The number of carbonyl (C=O) groups excluding carboxylic acids is 4. The van der Waals surface area contributed by atoms with Gasteiger partial charge in [0.2, 0.25) is 11.8 Å². The summed E-state index contributed by atoms with van der Waals surface area (Å²) in [6, 6.07) is 9.04. The summed E-state index contributed by atoms with van der Waals surface area (Å²) in [7, 11) is 1.46. The molecule has 0 spiro atoms. The molecule has 3 rings (SSSR count). The predicted molar refractivity (Wildman–Crippen MR) is 165 cm³/mol. The Hall–Kier alpha value is -4.52. The molecule has 4 amide bonds. The number of benzene rings is 2. The highest BCUT2D eigenvalue weighted by Gasteiger charge is 2.25. The van der Waals surface area contributed by atoms with Crippen LogP contribution in [0.5, 0.6) is 0 Å². The molecule has 3 N–H and O–H groups in total. The van der Waals surface area contributed by atoms with E-state index in [4.69, 9.17) is 21.1 Å². The zero-order valence-corrected chi connectivity index (χ0v) is 26.2. The van der Waals surface area contributed by atoms with Crippen molar-refractivity contribution in [2.75, 3.05) is 32.1 Å². The summed E-state index contributed by atoms with van der Waals surface area (Å²) in [5.74, 6) is -1.81. The molecule has 2 aromatic carbocycles. The van der Waals surface area contributed by atoms with Crippen molar-refractivity contribution in [2.45, 2.75) is 51.7 Å². The van der Waals surface area contributed by atoms with Crippen LogP contribution in [0.15, 0.2) is 48.7 Å². The zero-order valence-electron chi connectivity index (χ0n) is 25.4. The zero-order chi connectivity index (χ0) is 33.1. The molecule has 242 valence electrons. The summed E-state index contributed by atoms with van der Waals surface area (Å²) in [5, 5.41) is 8.73. The van der Waals surface area contributed by atoms with Gasteiger partial charge >= 0.3 is 12.2 Å². The van der Waals surface area contributed by atoms with E-state index in [1.807, 2.05) is 0 Å². The fourth-order valence-corrected chi connectivity index (χ4v) is 4.35. The smallest absolute Gasteiger partial charge is 0.412 e. The number of hydrogen-bond donors (Lipinski definition) is 3. The first-order chi connectivity index (χ1) is 21.2. The van der Waals surface area contributed by atoms with Gasteiger partial charge in [-0.15, -0.1) is 0 Å². The summed E-state index contributed by atoms with van der Waals surface area (Å²) in [6.45, 7) is 4.98. The maximum atomic E-state index is 13.8. The van der Waals surface area contributed by atoms with Crippen LogP contribution in [0.25, 0.3) is 10.8 Å². The van der Waals surface area contributed by atoms with Gasteiger partial charge in [0.15, 0.2) is 0 Å². The van der Waals surface area contributed by atoms with Crippen molar-refractivity contribution in [3.63, 3.8) is 0 Å². The Kier molecular flexibility index (Phi) is 12.4. The normalized spacial score (nSPS) is 11.8. The SMILES string of the molecule is CN(C(=O)CCc1cccc(F)c1Cl)[C@H](COC(=O)Nc1cc2cc(F)ccc2cn1)CC(=O)NCCNC(=O)OC(C)(C)C. The van der Waals surface area contributed by atoms with Crippen LogP contribution in [0, 0.1) is 11.6 Å². The first-order valence-corrected chi connectivity index (χ1v) is 14.5. The number of aromatic nitrogens is 1. The molecule has 1 aromatic heterocycles. The maximum Gasteiger partial charge on any atom is 0.412 e. The number of alkyl carbamates (subject to hydrolysis) is 1. The lowest BCUT2D eigenvalue weighted by Gasteiger charge is -2.28. The summed E-state index contributed by atoms with van der Waals surface area (Å²) in [6.07, 6.45) is -0.226. The van der Waals surface area contributed by atoms with Gasteiger partial charge in [-0.25, -0.2) is 23.4 Å². The quantitative estimate of drug-likeness (QED) is 0.230. The van der Waals surface area contributed by atoms with E-state index in [2.05, 4.69) is 20.9 Å². The lowest BCUT2D eigenvalue weighted by atomic mass is 10.1. The maximum absolute atomic E-state index is 13.8. The number of carbonyl (C=O) groups is 4. The number of nitrogens with one attached hydrogen (secondary N) is 3. The lowest BCUT2D eigenvalue weighted by Crippen LogP contribution is -2.45. The number of fused-ring (bicyclic) bond motifs is 1. The van der Waals surface area contributed by atoms with E-state index in [0.717, 1.165) is 0 Å². The van der Waals surface area contributed by atoms with Gasteiger partial charge < -0.3 is 25.0 Å². The number of rotatable bonds is 12. The number of halogens is 3. The van der Waals surface area contributed by atoms with Gasteiger partial charge in [0.25, 0.3) is 0 Å². The Balaban J connectivity index is 1.61. The molecular formula is C31H36ClF2N5O6. The second kappa shape index (κ2) is 16.0. The van der Waals surface area contributed by atoms with Crippen molar-refractivity contribution in [1.82, 2.24) is 20.5 Å². The summed E-state index contributed by atoms with van der Waals surface area (Å²) in [5.41, 5.74) is -0.227. The van der Waals surface area contributed by atoms with Crippen LogP contribution in [0.4, 0.5) is 24.2 Å². The Labute approximate surface area is 264 Å². The van der Waals surface area contributed by atoms with Crippen LogP contribution in [-0.2, 0) is 25.5 Å². The van der Waals surface area contributed by atoms with Crippen molar-refractivity contribution in [3.8, 4) is 0 Å². The minimum Gasteiger partial charge on any atom is -0.447 e. The van der Waals surface area contributed by atoms with Gasteiger partial charge in [-0.05, 0) is 68.5 Å². The molecule has 1 atom stereocenters. The third-order valence-electron chi connectivity index (χ3n) is 6.44. The Morgan fingerprint density at radius 2 is 1.73 bits per heavy atom. The fourth-order valence-electron chi connectivity index (χ4n) is 4.13. The molecule has 0 saturated heterocycles. The molecule has 0 aliphatic rings. The number of aryl methyl sites for hydroxylation is 1. The van der Waals surface area contributed by atoms with Gasteiger partial charge in [-0.2, -0.15) is 0 Å². The standard InChI is InChI=1S/C31H36ClF2N5O6/c1-31(2,3)45-29(42)36-13-12-35-26(40)16-23(39(4)27(41)11-9-19-6-5-7-24(34)28(19)32)18-44-30(43)38-25-15-21-14-22(33)10-8-20(21)17-37-25/h5-8,10,14-15,17,23H,9,11-13,16,18H2,1-4H3,(H,35,40)(H,36,42)(H,37,38,43)/t23-/m0/s1. The molecule has 14 heteroatoms. The molecular weight excluding hydrogens is 612 g/mol. The molecule has 1 heterocycles. The van der Waals surface area contributed by atoms with Crippen LogP contribution >= 0.6 is 11.6 Å². The van der Waals surface area contributed by atoms with Crippen molar-refractivity contribution in [3.05, 3.63) is 70.9 Å². The van der Waals surface area contributed by atoms with E-state index in [0.29, 0.717) is 16.3 Å². The first kappa shape index (κ1) is 35.0. The molecule has 0 bridgehead atoms. The minimum absolute atomic E-state index is 0.0542. The number of hydrogen-bond acceptors (Lipinski definition) is 7. The molecule has 0 aliphatic carbocycles. The highest BCUT2D eigenvalue weighted by Crippen LogP contribution is 2.22. The molecule has 0 unspecified atom stereocenters. The Morgan fingerprint density at radius 1 is 1.00 bits per heavy atom. The molecule has 11 nitrogen and oxygen atoms in total. The molecule has 0 fully saturated rings. The van der Waals surface area contributed by atoms with E-state index < -0.39 is 47.3 Å². The average molecular weight is 648 g/mol. The topological polar surface area (TPSA) is 139 Å². The van der Waals surface area contributed by atoms with Gasteiger partial charge in [0, 0.05) is 38.1 Å². The number of anilines is 1. The van der Waals surface area contributed by atoms with E-state index in [1.54, 1.807) is 32.9 Å². The molecule has 0 saturated carbocycles. The van der Waals surface area contributed by atoms with Crippen molar-refractivity contribution in [1.29, 1.82) is 0 Å². The van der Waals surface area contributed by atoms with Crippen LogP contribution in [0.2, 0.25) is 5.02 Å². The van der Waals surface area contributed by atoms with Crippen LogP contribution in [0.1, 0.15) is 39.2 Å². The van der Waals surface area contributed by atoms with Gasteiger partial charge in [0.1, 0.15) is 29.7 Å². The largest absolute Gasteiger partial charge is 0.447 e. The molecule has 3 aromatic rings. The van der Waals surface area contributed by atoms with Gasteiger partial charge in [-0.1, -0.05) is 23.7 Å². The summed E-state index contributed by atoms with van der Waals surface area (Å²) in [4.78, 5) is 55.6. The highest BCUT2D eigenvalue weighted by atomic mass is 35.5. The second-order valence-corrected chi connectivity index (χ2v) is 11.5. The Bertz CT molecular complexity index is 1530. The van der Waals surface area contributed by atoms with Crippen LogP contribution in [-0.4, -0.2) is 72.3 Å². The predicted octanol–water partition coefficient (Wildman–Crippen LogP) is 5.21. The van der Waals surface area contributed by atoms with E-state index in [1.165, 1.54) is 48.5 Å². The van der Waals surface area contributed by atoms with Crippen molar-refractivity contribution < 1.29 is 37.4 Å². The van der Waals surface area contributed by atoms with Crippen molar-refractivity contribution in [2.24, 2.45) is 0 Å². The van der Waals surface area contributed by atoms with Crippen LogP contribution in [0.3, 0.4) is 0 Å². The monoisotopic (exact) mass is 647 g/mol. The highest BCUT2D eigenvalue weighted by molar-refractivity contribution is 6.31. The van der Waals surface area contributed by atoms with E-state index >= 15 is 0 Å². The third kappa shape index (κ3) is 11.5. The second-order valence-electron chi connectivity index (χ2n) is 11.1. The fraction of sp³-hybridized carbons (Fsp3) is 0.387. The number of nitrogens with zero attached hydrogens (tertiary/aromatic N) is 2. The number of amides is 4. The Morgan fingerprint density at radius 3 is 2.47 bits per heavy atom. The number of likely N-dealkylation sites (N-methyl/N-ethyl adjacent to an activating group) is 1. The van der Waals surface area contributed by atoms with Crippen LogP contribution < -0.4 is 16.0 Å². The summed E-state index contributed by atoms with van der Waals surface area (Å²) >= 11 is 6.02. The van der Waals surface area contributed by atoms with Gasteiger partial charge in [-0.3, -0.25) is 14.9 Å². The minimum atomic E-state index is -0.905. The van der Waals surface area contributed by atoms with E-state index in [-0.39, 0.29) is 49.8 Å².